The lowest BCUT2D eigenvalue weighted by Gasteiger charge is -2.39. The molecule has 0 radical (unpaired) electrons. The lowest BCUT2D eigenvalue weighted by molar-refractivity contribution is 0.0696. The molecule has 5 rings (SSSR count). The number of alkyl halides is 1. The number of fused-ring (bicyclic) bond motifs is 1. The monoisotopic (exact) mass is 525 g/mol. The Labute approximate surface area is 227 Å². The van der Waals surface area contributed by atoms with Gasteiger partial charge < -0.3 is 10.0 Å². The molecule has 2 atom stereocenters. The second-order valence-corrected chi connectivity index (χ2v) is 11.5. The Kier molecular flexibility index (Phi) is 9.47. The van der Waals surface area contributed by atoms with E-state index in [9.17, 15) is 14.3 Å². The lowest BCUT2D eigenvalue weighted by Crippen LogP contribution is -2.47. The number of hydrogen-bond donors (Lipinski definition) is 1. The third-order valence-electron chi connectivity index (χ3n) is 8.67. The number of carboxylic acids is 1. The average molecular weight is 526 g/mol. The van der Waals surface area contributed by atoms with Gasteiger partial charge in [-0.05, 0) is 103 Å². The van der Waals surface area contributed by atoms with Crippen molar-refractivity contribution in [3.8, 4) is 0 Å². The van der Waals surface area contributed by atoms with E-state index in [1.54, 1.807) is 11.6 Å². The highest BCUT2D eigenvalue weighted by Gasteiger charge is 2.29. The predicted octanol–water partition coefficient (Wildman–Crippen LogP) is 7.61. The van der Waals surface area contributed by atoms with Crippen molar-refractivity contribution in [2.24, 2.45) is 17.8 Å². The summed E-state index contributed by atoms with van der Waals surface area (Å²) < 4.78 is 12.4. The molecule has 0 bridgehead atoms. The van der Waals surface area contributed by atoms with E-state index in [2.05, 4.69) is 42.2 Å². The van der Waals surface area contributed by atoms with Gasteiger partial charge in [0, 0.05) is 19.6 Å². The van der Waals surface area contributed by atoms with Crippen molar-refractivity contribution < 1.29 is 14.3 Å². The molecule has 1 aliphatic heterocycles. The van der Waals surface area contributed by atoms with Crippen LogP contribution in [-0.4, -0.2) is 42.3 Å². The van der Waals surface area contributed by atoms with Crippen molar-refractivity contribution in [2.75, 3.05) is 26.3 Å². The van der Waals surface area contributed by atoms with E-state index >= 15 is 0 Å². The minimum absolute atomic E-state index is 0. The lowest BCUT2D eigenvalue weighted by atomic mass is 9.74. The summed E-state index contributed by atoms with van der Waals surface area (Å²) in [7, 11) is 0. The van der Waals surface area contributed by atoms with Gasteiger partial charge in [-0.3, -0.25) is 4.39 Å². The Morgan fingerprint density at radius 1 is 1.05 bits per heavy atom. The minimum atomic E-state index is -0.850. The van der Waals surface area contributed by atoms with Crippen LogP contribution in [0.5, 0.6) is 0 Å². The van der Waals surface area contributed by atoms with E-state index in [0.717, 1.165) is 51.2 Å². The number of carboxylic acid groups (broad SMARTS) is 1. The molecule has 2 fully saturated rings. The van der Waals surface area contributed by atoms with Crippen LogP contribution in [0.3, 0.4) is 0 Å². The van der Waals surface area contributed by atoms with Gasteiger partial charge >= 0.3 is 5.97 Å². The number of aromatic carboxylic acids is 1. The molecule has 1 heterocycles. The largest absolute Gasteiger partial charge is 0.478 e. The van der Waals surface area contributed by atoms with Gasteiger partial charge in [-0.15, -0.1) is 12.4 Å². The van der Waals surface area contributed by atoms with Crippen LogP contribution in [0.4, 0.5) is 4.39 Å². The number of nitrogens with zero attached hydrogens (tertiary/aromatic N) is 1. The highest BCUT2D eigenvalue weighted by molar-refractivity contribution is 5.90. The molecule has 37 heavy (non-hydrogen) atoms. The van der Waals surface area contributed by atoms with Crippen LogP contribution in [0.25, 0.3) is 5.57 Å². The molecule has 0 spiro atoms. The molecule has 0 aromatic heterocycles. The summed E-state index contributed by atoms with van der Waals surface area (Å²) in [5.41, 5.74) is 8.41. The van der Waals surface area contributed by atoms with Gasteiger partial charge in [-0.2, -0.15) is 0 Å². The first-order valence-electron chi connectivity index (χ1n) is 14.0. The van der Waals surface area contributed by atoms with Crippen LogP contribution < -0.4 is 0 Å². The second-order valence-electron chi connectivity index (χ2n) is 11.5. The molecule has 2 unspecified atom stereocenters. The van der Waals surface area contributed by atoms with E-state index in [1.807, 2.05) is 6.07 Å². The number of aryl methyl sites for hydroxylation is 1. The summed E-state index contributed by atoms with van der Waals surface area (Å²) in [4.78, 5) is 14.0. The summed E-state index contributed by atoms with van der Waals surface area (Å²) in [6.07, 6.45) is 10.0. The fraction of sp³-hybridized carbons (Fsp3) is 0.531. The maximum Gasteiger partial charge on any atom is 0.335 e. The standard InChI is InChI=1S/C32H40FNO2.ClH/c1-22-5-2-6-26(17-22)29-8-3-7-27-19-28(32(35)36)13-14-30(27)31(29)25-11-9-23(10-12-25)18-24-20-34(21-24)16-4-15-33;/h9-14,19,22,24,26H,2-8,15-18,20-21H2,1H3,(H,35,36);1H. The zero-order valence-electron chi connectivity index (χ0n) is 22.1. The molecule has 2 aromatic rings. The first kappa shape index (κ1) is 27.9. The van der Waals surface area contributed by atoms with Gasteiger partial charge in [0.1, 0.15) is 0 Å². The molecule has 1 N–H and O–H groups in total. The molecule has 5 heteroatoms. The van der Waals surface area contributed by atoms with Crippen LogP contribution in [-0.2, 0) is 12.8 Å². The van der Waals surface area contributed by atoms with Crippen molar-refractivity contribution in [1.82, 2.24) is 4.90 Å². The first-order valence-corrected chi connectivity index (χ1v) is 14.0. The summed E-state index contributed by atoms with van der Waals surface area (Å²) in [6, 6.07) is 15.0. The number of allylic oxidation sites excluding steroid dienone is 1. The van der Waals surface area contributed by atoms with Crippen molar-refractivity contribution in [3.63, 3.8) is 0 Å². The van der Waals surface area contributed by atoms with E-state index < -0.39 is 5.97 Å². The zero-order chi connectivity index (χ0) is 25.1. The maximum atomic E-state index is 12.4. The number of rotatable bonds is 8. The topological polar surface area (TPSA) is 40.5 Å². The Hall–Kier alpha value is -2.17. The number of likely N-dealkylation sites (tertiary alicyclic amines) is 1. The van der Waals surface area contributed by atoms with E-state index in [0.29, 0.717) is 23.8 Å². The fourth-order valence-electron chi connectivity index (χ4n) is 6.86. The molecular weight excluding hydrogens is 485 g/mol. The van der Waals surface area contributed by atoms with Crippen LogP contribution in [0.15, 0.2) is 48.0 Å². The maximum absolute atomic E-state index is 12.4. The number of benzene rings is 2. The molecule has 1 saturated carbocycles. The SMILES string of the molecule is CC1CCCC(C2=C(c3ccc(CC4CN(CCCF)C4)cc3)c3ccc(C(=O)O)cc3CCC2)C1.Cl. The van der Waals surface area contributed by atoms with E-state index in [-0.39, 0.29) is 19.1 Å². The molecule has 1 saturated heterocycles. The molecule has 3 nitrogen and oxygen atoms in total. The third kappa shape index (κ3) is 6.46. The Morgan fingerprint density at radius 2 is 1.84 bits per heavy atom. The summed E-state index contributed by atoms with van der Waals surface area (Å²) >= 11 is 0. The third-order valence-corrected chi connectivity index (χ3v) is 8.67. The van der Waals surface area contributed by atoms with Crippen molar-refractivity contribution in [2.45, 2.75) is 64.7 Å². The Balaban J connectivity index is 0.00000320. The molecule has 0 amide bonds. The summed E-state index contributed by atoms with van der Waals surface area (Å²) in [5, 5.41) is 9.58. The van der Waals surface area contributed by atoms with Gasteiger partial charge in [0.25, 0.3) is 0 Å². The van der Waals surface area contributed by atoms with Crippen molar-refractivity contribution in [1.29, 1.82) is 0 Å². The smallest absolute Gasteiger partial charge is 0.335 e. The van der Waals surface area contributed by atoms with Crippen LogP contribution in [0.1, 0.15) is 84.5 Å². The van der Waals surface area contributed by atoms with Crippen molar-refractivity contribution >= 4 is 23.9 Å². The Morgan fingerprint density at radius 3 is 2.54 bits per heavy atom. The van der Waals surface area contributed by atoms with E-state index in [1.165, 1.54) is 53.5 Å². The normalized spacial score (nSPS) is 22.5. The fourth-order valence-corrected chi connectivity index (χ4v) is 6.86. The van der Waals surface area contributed by atoms with E-state index in [4.69, 9.17) is 0 Å². The molecule has 200 valence electrons. The number of hydrogen-bond acceptors (Lipinski definition) is 2. The quantitative estimate of drug-likeness (QED) is 0.385. The zero-order valence-corrected chi connectivity index (χ0v) is 22.9. The predicted molar refractivity (Wildman–Crippen MR) is 151 cm³/mol. The first-order chi connectivity index (χ1) is 17.5. The van der Waals surface area contributed by atoms with Gasteiger partial charge in [-0.25, -0.2) is 4.79 Å². The summed E-state index contributed by atoms with van der Waals surface area (Å²) in [5.74, 6) is 1.21. The van der Waals surface area contributed by atoms with Crippen molar-refractivity contribution in [3.05, 3.63) is 75.9 Å². The van der Waals surface area contributed by atoms with Crippen LogP contribution in [0.2, 0.25) is 0 Å². The average Bonchev–Trinajstić information content (AvgIpc) is 3.05. The second kappa shape index (κ2) is 12.6. The van der Waals surface area contributed by atoms with Gasteiger partial charge in [0.05, 0.1) is 12.2 Å². The summed E-state index contributed by atoms with van der Waals surface area (Å²) in [6.45, 7) is 5.21. The Bertz CT molecular complexity index is 1110. The van der Waals surface area contributed by atoms with Gasteiger partial charge in [0.2, 0.25) is 0 Å². The molecule has 2 aliphatic carbocycles. The molecular formula is C32H41ClFNO2. The van der Waals surface area contributed by atoms with Crippen LogP contribution in [0, 0.1) is 17.8 Å². The van der Waals surface area contributed by atoms with Gasteiger partial charge in [0.15, 0.2) is 0 Å². The number of carbonyl (C=O) groups is 1. The van der Waals surface area contributed by atoms with Crippen LogP contribution >= 0.6 is 12.4 Å². The molecule has 3 aliphatic rings. The highest BCUT2D eigenvalue weighted by atomic mass is 35.5. The highest BCUT2D eigenvalue weighted by Crippen LogP contribution is 2.44. The molecule has 2 aromatic carbocycles. The van der Waals surface area contributed by atoms with Gasteiger partial charge in [-0.1, -0.05) is 55.7 Å². The minimum Gasteiger partial charge on any atom is -0.478 e. The number of halogens is 2.